The molecular formula is C14H11Br2ClFN. The van der Waals surface area contributed by atoms with E-state index in [0.717, 1.165) is 10.0 Å². The van der Waals surface area contributed by atoms with Crippen LogP contribution in [0.5, 0.6) is 0 Å². The average molecular weight is 408 g/mol. The summed E-state index contributed by atoms with van der Waals surface area (Å²) in [5, 5.41) is 0.625. The van der Waals surface area contributed by atoms with Crippen molar-refractivity contribution in [1.29, 1.82) is 0 Å². The minimum absolute atomic E-state index is 0.316. The number of hydrogen-bond donors (Lipinski definition) is 1. The summed E-state index contributed by atoms with van der Waals surface area (Å²) in [6.45, 7) is 0. The Bertz CT molecular complexity index is 604. The molecule has 19 heavy (non-hydrogen) atoms. The van der Waals surface area contributed by atoms with Crippen molar-refractivity contribution in [2.75, 3.05) is 0 Å². The molecule has 0 heterocycles. The summed E-state index contributed by atoms with van der Waals surface area (Å²) >= 11 is 12.7. The van der Waals surface area contributed by atoms with E-state index in [4.69, 9.17) is 17.3 Å². The van der Waals surface area contributed by atoms with Crippen LogP contribution in [0.15, 0.2) is 45.3 Å². The molecule has 0 saturated heterocycles. The highest BCUT2D eigenvalue weighted by Gasteiger charge is 2.15. The normalized spacial score (nSPS) is 12.5. The molecule has 2 aromatic carbocycles. The van der Waals surface area contributed by atoms with Gasteiger partial charge in [-0.05, 0) is 46.1 Å². The SMILES string of the molecule is NC(Cc1ccc(Br)cc1Cl)c1cccc(Br)c1F. The van der Waals surface area contributed by atoms with Gasteiger partial charge < -0.3 is 5.73 Å². The number of nitrogens with two attached hydrogens (primary N) is 1. The fraction of sp³-hybridized carbons (Fsp3) is 0.143. The van der Waals surface area contributed by atoms with Gasteiger partial charge in [-0.15, -0.1) is 0 Å². The Morgan fingerprint density at radius 3 is 2.63 bits per heavy atom. The maximum atomic E-state index is 14.0. The minimum Gasteiger partial charge on any atom is -0.324 e. The van der Waals surface area contributed by atoms with Crippen LogP contribution in [-0.4, -0.2) is 0 Å². The second kappa shape index (κ2) is 6.35. The minimum atomic E-state index is -0.434. The van der Waals surface area contributed by atoms with Crippen LogP contribution >= 0.6 is 43.5 Å². The van der Waals surface area contributed by atoms with Gasteiger partial charge in [0.1, 0.15) is 5.82 Å². The Morgan fingerprint density at radius 1 is 1.21 bits per heavy atom. The van der Waals surface area contributed by atoms with Crippen molar-refractivity contribution in [3.05, 3.63) is 67.3 Å². The lowest BCUT2D eigenvalue weighted by molar-refractivity contribution is 0.575. The molecule has 100 valence electrons. The molecule has 0 spiro atoms. The summed E-state index contributed by atoms with van der Waals surface area (Å²) in [6.07, 6.45) is 0.486. The standard InChI is InChI=1S/C14H11Br2ClFN/c15-9-5-4-8(12(17)7-9)6-13(19)10-2-1-3-11(16)14(10)18/h1-5,7,13H,6,19H2. The monoisotopic (exact) mass is 405 g/mol. The van der Waals surface area contributed by atoms with Crippen molar-refractivity contribution in [3.8, 4) is 0 Å². The van der Waals surface area contributed by atoms with Gasteiger partial charge in [0, 0.05) is 21.1 Å². The third kappa shape index (κ3) is 3.57. The fourth-order valence-electron chi connectivity index (χ4n) is 1.84. The zero-order valence-corrected chi connectivity index (χ0v) is 13.8. The molecule has 1 atom stereocenters. The maximum Gasteiger partial charge on any atom is 0.142 e. The van der Waals surface area contributed by atoms with Crippen molar-refractivity contribution < 1.29 is 4.39 Å². The van der Waals surface area contributed by atoms with Gasteiger partial charge in [0.15, 0.2) is 0 Å². The molecule has 1 nitrogen and oxygen atoms in total. The molecule has 0 aromatic heterocycles. The van der Waals surface area contributed by atoms with Crippen LogP contribution < -0.4 is 5.73 Å². The third-order valence-corrected chi connectivity index (χ3v) is 4.29. The quantitative estimate of drug-likeness (QED) is 0.739. The van der Waals surface area contributed by atoms with Gasteiger partial charge >= 0.3 is 0 Å². The smallest absolute Gasteiger partial charge is 0.142 e. The fourth-order valence-corrected chi connectivity index (χ4v) is 2.97. The zero-order valence-electron chi connectivity index (χ0n) is 9.84. The topological polar surface area (TPSA) is 26.0 Å². The lowest BCUT2D eigenvalue weighted by atomic mass is 9.99. The molecular weight excluding hydrogens is 396 g/mol. The van der Waals surface area contributed by atoms with E-state index >= 15 is 0 Å². The van der Waals surface area contributed by atoms with E-state index in [1.165, 1.54) is 0 Å². The average Bonchev–Trinajstić information content (AvgIpc) is 2.36. The highest BCUT2D eigenvalue weighted by atomic mass is 79.9. The van der Waals surface area contributed by atoms with E-state index < -0.39 is 6.04 Å². The van der Waals surface area contributed by atoms with Gasteiger partial charge in [0.05, 0.1) is 4.47 Å². The molecule has 0 radical (unpaired) electrons. The van der Waals surface area contributed by atoms with Crippen molar-refractivity contribution in [2.24, 2.45) is 5.73 Å². The van der Waals surface area contributed by atoms with Crippen LogP contribution in [0.25, 0.3) is 0 Å². The summed E-state index contributed by atoms with van der Waals surface area (Å²) in [7, 11) is 0. The molecule has 0 aliphatic rings. The molecule has 0 aliphatic carbocycles. The number of halogens is 4. The highest BCUT2D eigenvalue weighted by molar-refractivity contribution is 9.10. The molecule has 0 bridgehead atoms. The van der Waals surface area contributed by atoms with Gasteiger partial charge in [-0.1, -0.05) is 45.7 Å². The summed E-state index contributed by atoms with van der Waals surface area (Å²) in [5.41, 5.74) is 7.45. The van der Waals surface area contributed by atoms with Gasteiger partial charge in [0.2, 0.25) is 0 Å². The van der Waals surface area contributed by atoms with Crippen LogP contribution in [0.4, 0.5) is 4.39 Å². The van der Waals surface area contributed by atoms with Crippen LogP contribution in [0, 0.1) is 5.82 Å². The van der Waals surface area contributed by atoms with Gasteiger partial charge in [-0.2, -0.15) is 0 Å². The van der Waals surface area contributed by atoms with Crippen LogP contribution in [0.3, 0.4) is 0 Å². The molecule has 2 rings (SSSR count). The molecule has 0 aliphatic heterocycles. The first-order valence-electron chi connectivity index (χ1n) is 5.62. The molecule has 1 unspecified atom stereocenters. The largest absolute Gasteiger partial charge is 0.324 e. The molecule has 0 fully saturated rings. The Hall–Kier alpha value is -0.420. The summed E-state index contributed by atoms with van der Waals surface area (Å²) in [6, 6.07) is 10.3. The van der Waals surface area contributed by atoms with Crippen LogP contribution in [-0.2, 0) is 6.42 Å². The Morgan fingerprint density at radius 2 is 1.95 bits per heavy atom. The predicted molar refractivity (Wildman–Crippen MR) is 83.9 cm³/mol. The molecule has 0 saturated carbocycles. The Balaban J connectivity index is 2.25. The summed E-state index contributed by atoms with van der Waals surface area (Å²) in [5.74, 6) is -0.316. The number of rotatable bonds is 3. The van der Waals surface area contributed by atoms with E-state index in [9.17, 15) is 4.39 Å². The maximum absolute atomic E-state index is 14.0. The van der Waals surface area contributed by atoms with E-state index in [-0.39, 0.29) is 5.82 Å². The second-order valence-electron chi connectivity index (χ2n) is 4.19. The van der Waals surface area contributed by atoms with E-state index in [1.54, 1.807) is 24.3 Å². The molecule has 2 aromatic rings. The first-order valence-corrected chi connectivity index (χ1v) is 7.59. The van der Waals surface area contributed by atoms with Gasteiger partial charge in [0.25, 0.3) is 0 Å². The van der Waals surface area contributed by atoms with Crippen molar-refractivity contribution in [3.63, 3.8) is 0 Å². The lowest BCUT2D eigenvalue weighted by Crippen LogP contribution is -2.15. The van der Waals surface area contributed by atoms with E-state index in [0.29, 0.717) is 21.5 Å². The number of hydrogen-bond acceptors (Lipinski definition) is 1. The number of benzene rings is 2. The molecule has 5 heteroatoms. The third-order valence-electron chi connectivity index (χ3n) is 2.84. The first kappa shape index (κ1) is 15.0. The predicted octanol–water partition coefficient (Wildman–Crippen LogP) is 5.25. The summed E-state index contributed by atoms with van der Waals surface area (Å²) in [4.78, 5) is 0. The zero-order chi connectivity index (χ0) is 14.0. The van der Waals surface area contributed by atoms with Crippen LogP contribution in [0.2, 0.25) is 5.02 Å². The summed E-state index contributed by atoms with van der Waals surface area (Å²) < 4.78 is 15.3. The van der Waals surface area contributed by atoms with Gasteiger partial charge in [-0.3, -0.25) is 0 Å². The lowest BCUT2D eigenvalue weighted by Gasteiger charge is -2.15. The Labute approximate surface area is 133 Å². The molecule has 2 N–H and O–H groups in total. The molecule has 0 amide bonds. The second-order valence-corrected chi connectivity index (χ2v) is 6.37. The van der Waals surface area contributed by atoms with Crippen molar-refractivity contribution in [2.45, 2.75) is 12.5 Å². The van der Waals surface area contributed by atoms with Crippen LogP contribution in [0.1, 0.15) is 17.2 Å². The van der Waals surface area contributed by atoms with E-state index in [1.807, 2.05) is 12.1 Å². The first-order chi connectivity index (χ1) is 8.99. The van der Waals surface area contributed by atoms with Crippen molar-refractivity contribution >= 4 is 43.5 Å². The van der Waals surface area contributed by atoms with Gasteiger partial charge in [-0.25, -0.2) is 4.39 Å². The van der Waals surface area contributed by atoms with Crippen molar-refractivity contribution in [1.82, 2.24) is 0 Å². The van der Waals surface area contributed by atoms with E-state index in [2.05, 4.69) is 31.9 Å². The highest BCUT2D eigenvalue weighted by Crippen LogP contribution is 2.28. The Kier molecular flexibility index (Phi) is 5.01.